The molecule has 0 atom stereocenters. The van der Waals surface area contributed by atoms with Crippen molar-refractivity contribution >= 4 is 11.0 Å². The molecular formula is C23H21FN2O. The Morgan fingerprint density at radius 1 is 0.926 bits per heavy atom. The first-order chi connectivity index (χ1) is 13.1. The van der Waals surface area contributed by atoms with Crippen molar-refractivity contribution in [3.63, 3.8) is 0 Å². The Balaban J connectivity index is 1.62. The van der Waals surface area contributed by atoms with Crippen molar-refractivity contribution in [3.05, 3.63) is 83.7 Å². The van der Waals surface area contributed by atoms with E-state index in [0.29, 0.717) is 13.2 Å². The number of halogens is 1. The van der Waals surface area contributed by atoms with Gasteiger partial charge in [-0.05, 0) is 73.5 Å². The fraction of sp³-hybridized carbons (Fsp3) is 0.174. The van der Waals surface area contributed by atoms with Gasteiger partial charge in [0.25, 0.3) is 0 Å². The molecule has 27 heavy (non-hydrogen) atoms. The zero-order valence-electron chi connectivity index (χ0n) is 15.4. The van der Waals surface area contributed by atoms with E-state index in [2.05, 4.69) is 30.5 Å². The van der Waals surface area contributed by atoms with Crippen LogP contribution in [0.2, 0.25) is 0 Å². The third-order valence-electron chi connectivity index (χ3n) is 4.82. The predicted molar refractivity (Wildman–Crippen MR) is 107 cm³/mol. The lowest BCUT2D eigenvalue weighted by molar-refractivity contribution is 0.300. The van der Waals surface area contributed by atoms with E-state index >= 15 is 0 Å². The molecule has 0 bridgehead atoms. The first-order valence-electron chi connectivity index (χ1n) is 9.03. The van der Waals surface area contributed by atoms with E-state index in [1.165, 1.54) is 23.3 Å². The molecule has 1 aromatic heterocycles. The number of imidazole rings is 1. The number of aryl methyl sites for hydroxylation is 2. The Morgan fingerprint density at radius 3 is 2.48 bits per heavy atom. The number of ether oxygens (including phenoxy) is 1. The van der Waals surface area contributed by atoms with Crippen LogP contribution in [0.25, 0.3) is 22.4 Å². The van der Waals surface area contributed by atoms with Crippen molar-refractivity contribution in [3.8, 4) is 17.1 Å². The third-order valence-corrected chi connectivity index (χ3v) is 4.82. The minimum absolute atomic E-state index is 0.250. The van der Waals surface area contributed by atoms with Crippen LogP contribution in [0.3, 0.4) is 0 Å². The van der Waals surface area contributed by atoms with Crippen molar-refractivity contribution < 1.29 is 9.13 Å². The molecule has 136 valence electrons. The molecule has 4 heteroatoms. The van der Waals surface area contributed by atoms with Crippen LogP contribution in [0.15, 0.2) is 66.7 Å². The maximum atomic E-state index is 13.3. The van der Waals surface area contributed by atoms with Gasteiger partial charge >= 0.3 is 0 Å². The lowest BCUT2D eigenvalue weighted by Gasteiger charge is -2.12. The molecule has 0 radical (unpaired) electrons. The first-order valence-corrected chi connectivity index (χ1v) is 9.03. The maximum absolute atomic E-state index is 13.3. The van der Waals surface area contributed by atoms with Crippen LogP contribution in [0.1, 0.15) is 11.1 Å². The summed E-state index contributed by atoms with van der Waals surface area (Å²) in [6.07, 6.45) is 0. The topological polar surface area (TPSA) is 27.1 Å². The molecule has 0 saturated heterocycles. The fourth-order valence-corrected chi connectivity index (χ4v) is 3.18. The molecule has 1 heterocycles. The van der Waals surface area contributed by atoms with Crippen molar-refractivity contribution in [2.24, 2.45) is 0 Å². The minimum atomic E-state index is -0.250. The van der Waals surface area contributed by atoms with E-state index in [4.69, 9.17) is 9.72 Å². The van der Waals surface area contributed by atoms with Crippen molar-refractivity contribution in [1.82, 2.24) is 9.55 Å². The highest BCUT2D eigenvalue weighted by Crippen LogP contribution is 2.25. The average Bonchev–Trinajstić information content (AvgIpc) is 3.04. The Morgan fingerprint density at radius 2 is 1.70 bits per heavy atom. The molecular weight excluding hydrogens is 339 g/mol. The molecule has 0 aliphatic rings. The highest BCUT2D eigenvalue weighted by molar-refractivity contribution is 5.80. The average molecular weight is 360 g/mol. The van der Waals surface area contributed by atoms with E-state index < -0.39 is 0 Å². The molecule has 3 aromatic carbocycles. The van der Waals surface area contributed by atoms with Gasteiger partial charge in [-0.3, -0.25) is 0 Å². The Labute approximate surface area is 158 Å². The summed E-state index contributed by atoms with van der Waals surface area (Å²) in [6, 6.07) is 20.6. The van der Waals surface area contributed by atoms with Crippen LogP contribution in [0, 0.1) is 19.7 Å². The van der Waals surface area contributed by atoms with Crippen molar-refractivity contribution in [1.29, 1.82) is 0 Å². The van der Waals surface area contributed by atoms with Gasteiger partial charge in [-0.25, -0.2) is 9.37 Å². The summed E-state index contributed by atoms with van der Waals surface area (Å²) in [5, 5.41) is 0. The molecule has 4 aromatic rings. The second kappa shape index (κ2) is 7.23. The smallest absolute Gasteiger partial charge is 0.141 e. The van der Waals surface area contributed by atoms with Crippen LogP contribution >= 0.6 is 0 Å². The van der Waals surface area contributed by atoms with Crippen LogP contribution in [-0.2, 0) is 6.54 Å². The Kier molecular flexibility index (Phi) is 4.63. The SMILES string of the molecule is Cc1ccc(OCCn2c(-c3ccc(F)cc3)nc3ccccc32)cc1C. The van der Waals surface area contributed by atoms with E-state index in [0.717, 1.165) is 28.2 Å². The highest BCUT2D eigenvalue weighted by atomic mass is 19.1. The molecule has 4 rings (SSSR count). The number of hydrogen-bond acceptors (Lipinski definition) is 2. The Bertz CT molecular complexity index is 1080. The molecule has 0 fully saturated rings. The highest BCUT2D eigenvalue weighted by Gasteiger charge is 2.12. The van der Waals surface area contributed by atoms with Crippen LogP contribution in [0.4, 0.5) is 4.39 Å². The van der Waals surface area contributed by atoms with E-state index in [9.17, 15) is 4.39 Å². The second-order valence-electron chi connectivity index (χ2n) is 6.68. The summed E-state index contributed by atoms with van der Waals surface area (Å²) in [7, 11) is 0. The molecule has 0 saturated carbocycles. The van der Waals surface area contributed by atoms with Gasteiger partial charge in [-0.2, -0.15) is 0 Å². The quantitative estimate of drug-likeness (QED) is 0.467. The van der Waals surface area contributed by atoms with Crippen molar-refractivity contribution in [2.75, 3.05) is 6.61 Å². The molecule has 0 N–H and O–H groups in total. The normalized spacial score (nSPS) is 11.1. The van der Waals surface area contributed by atoms with Crippen LogP contribution in [0.5, 0.6) is 5.75 Å². The van der Waals surface area contributed by atoms with Gasteiger partial charge in [0, 0.05) is 5.56 Å². The van der Waals surface area contributed by atoms with Gasteiger partial charge in [0.1, 0.15) is 24.0 Å². The van der Waals surface area contributed by atoms with E-state index in [1.807, 2.05) is 30.3 Å². The number of benzene rings is 3. The monoisotopic (exact) mass is 360 g/mol. The lowest BCUT2D eigenvalue weighted by Crippen LogP contribution is -2.09. The van der Waals surface area contributed by atoms with Gasteiger partial charge in [-0.1, -0.05) is 18.2 Å². The third kappa shape index (κ3) is 3.56. The van der Waals surface area contributed by atoms with Crippen molar-refractivity contribution in [2.45, 2.75) is 20.4 Å². The molecule has 0 aliphatic heterocycles. The summed E-state index contributed by atoms with van der Waals surface area (Å²) < 4.78 is 21.4. The zero-order chi connectivity index (χ0) is 18.8. The molecule has 3 nitrogen and oxygen atoms in total. The minimum Gasteiger partial charge on any atom is -0.492 e. The number of para-hydroxylation sites is 2. The lowest BCUT2D eigenvalue weighted by atomic mass is 10.1. The van der Waals surface area contributed by atoms with Gasteiger partial charge < -0.3 is 9.30 Å². The van der Waals surface area contributed by atoms with E-state index in [-0.39, 0.29) is 5.82 Å². The summed E-state index contributed by atoms with van der Waals surface area (Å²) in [4.78, 5) is 4.75. The molecule has 0 amide bonds. The van der Waals surface area contributed by atoms with Crippen LogP contribution in [-0.4, -0.2) is 16.2 Å². The number of fused-ring (bicyclic) bond motifs is 1. The number of nitrogens with zero attached hydrogens (tertiary/aromatic N) is 2. The summed E-state index contributed by atoms with van der Waals surface area (Å²) >= 11 is 0. The first kappa shape index (κ1) is 17.3. The fourth-order valence-electron chi connectivity index (χ4n) is 3.18. The maximum Gasteiger partial charge on any atom is 0.141 e. The zero-order valence-corrected chi connectivity index (χ0v) is 15.4. The second-order valence-corrected chi connectivity index (χ2v) is 6.68. The summed E-state index contributed by atoms with van der Waals surface area (Å²) in [5.74, 6) is 1.44. The Hall–Kier alpha value is -3.14. The summed E-state index contributed by atoms with van der Waals surface area (Å²) in [6.45, 7) is 5.35. The van der Waals surface area contributed by atoms with Gasteiger partial charge in [-0.15, -0.1) is 0 Å². The molecule has 0 aliphatic carbocycles. The number of rotatable bonds is 5. The van der Waals surface area contributed by atoms with Gasteiger partial charge in [0.2, 0.25) is 0 Å². The van der Waals surface area contributed by atoms with Crippen LogP contribution < -0.4 is 4.74 Å². The van der Waals surface area contributed by atoms with Gasteiger partial charge in [0.15, 0.2) is 0 Å². The van der Waals surface area contributed by atoms with E-state index in [1.54, 1.807) is 12.1 Å². The standard InChI is InChI=1S/C23H21FN2O/c1-16-7-12-20(15-17(16)2)27-14-13-26-22-6-4-3-5-21(22)25-23(26)18-8-10-19(24)11-9-18/h3-12,15H,13-14H2,1-2H3. The predicted octanol–water partition coefficient (Wildman–Crippen LogP) is 5.54. The number of hydrogen-bond donors (Lipinski definition) is 0. The molecule has 0 unspecified atom stereocenters. The van der Waals surface area contributed by atoms with Gasteiger partial charge in [0.05, 0.1) is 17.6 Å². The number of aromatic nitrogens is 2. The largest absolute Gasteiger partial charge is 0.492 e. The summed E-state index contributed by atoms with van der Waals surface area (Å²) in [5.41, 5.74) is 5.32. The molecule has 0 spiro atoms.